The van der Waals surface area contributed by atoms with Gasteiger partial charge in [0.2, 0.25) is 15.0 Å². The Morgan fingerprint density at radius 1 is 1.44 bits per heavy atom. The maximum atomic E-state index is 12.0. The maximum absolute atomic E-state index is 12.0. The van der Waals surface area contributed by atoms with Crippen molar-refractivity contribution in [2.45, 2.75) is 11.3 Å². The number of sulfone groups is 1. The topological polar surface area (TPSA) is 62.8 Å². The van der Waals surface area contributed by atoms with Gasteiger partial charge in [0.1, 0.15) is 4.83 Å². The molecule has 2 rings (SSSR count). The van der Waals surface area contributed by atoms with Gasteiger partial charge in [0.15, 0.2) is 5.75 Å². The molecular formula is C7H5F3N2O2S2. The van der Waals surface area contributed by atoms with Gasteiger partial charge in [-0.05, 0) is 11.4 Å². The minimum atomic E-state index is -4.76. The van der Waals surface area contributed by atoms with Gasteiger partial charge in [0.05, 0.1) is 5.52 Å². The van der Waals surface area contributed by atoms with Gasteiger partial charge in [0.25, 0.3) is 0 Å². The lowest BCUT2D eigenvalue weighted by Gasteiger charge is -2.04. The summed E-state index contributed by atoms with van der Waals surface area (Å²) >= 11 is 1.15. The first-order valence-electron chi connectivity index (χ1n) is 4.01. The number of thiophene rings is 1. The molecule has 0 bridgehead atoms. The monoisotopic (exact) mass is 270 g/mol. The maximum Gasteiger partial charge on any atom is 0.403 e. The van der Waals surface area contributed by atoms with Crippen LogP contribution in [0.2, 0.25) is 0 Å². The summed E-state index contributed by atoms with van der Waals surface area (Å²) in [6, 6.07) is 1.56. The molecule has 2 aromatic rings. The summed E-state index contributed by atoms with van der Waals surface area (Å²) in [5.41, 5.74) is 0.422. The molecule has 0 spiro atoms. The van der Waals surface area contributed by atoms with Crippen molar-refractivity contribution in [2.75, 3.05) is 5.75 Å². The van der Waals surface area contributed by atoms with E-state index in [2.05, 4.69) is 9.97 Å². The fourth-order valence-corrected chi connectivity index (χ4v) is 2.99. The molecule has 0 unspecified atom stereocenters. The average Bonchev–Trinajstić information content (AvgIpc) is 2.54. The van der Waals surface area contributed by atoms with Crippen LogP contribution in [0.25, 0.3) is 10.3 Å². The lowest BCUT2D eigenvalue weighted by Crippen LogP contribution is -2.23. The molecule has 0 saturated carbocycles. The lowest BCUT2D eigenvalue weighted by molar-refractivity contribution is -0.106. The fourth-order valence-electron chi connectivity index (χ4n) is 1.15. The van der Waals surface area contributed by atoms with E-state index in [9.17, 15) is 21.6 Å². The van der Waals surface area contributed by atoms with E-state index in [0.29, 0.717) is 10.3 Å². The molecule has 0 aliphatic rings. The van der Waals surface area contributed by atoms with Gasteiger partial charge in [-0.15, -0.1) is 11.3 Å². The summed E-state index contributed by atoms with van der Waals surface area (Å²) in [5, 5.41) is 1.03. The van der Waals surface area contributed by atoms with Gasteiger partial charge in [-0.25, -0.2) is 13.4 Å². The Labute approximate surface area is 92.0 Å². The second-order valence-corrected chi connectivity index (χ2v) is 5.86. The minimum Gasteiger partial charge on any atom is -0.328 e. The van der Waals surface area contributed by atoms with Crippen molar-refractivity contribution in [3.8, 4) is 0 Å². The lowest BCUT2D eigenvalue weighted by atomic mass is 10.6. The highest BCUT2D eigenvalue weighted by molar-refractivity contribution is 7.91. The summed E-state index contributed by atoms with van der Waals surface area (Å²) in [5.74, 6) is -1.90. The third-order valence-electron chi connectivity index (χ3n) is 1.74. The predicted octanol–water partition coefficient (Wildman–Crippen LogP) is 1.96. The second kappa shape index (κ2) is 3.45. The van der Waals surface area contributed by atoms with Crippen LogP contribution in [0.15, 0.2) is 16.6 Å². The van der Waals surface area contributed by atoms with Crippen LogP contribution >= 0.6 is 11.3 Å². The number of hydrogen-bond acceptors (Lipinski definition) is 4. The second-order valence-electron chi connectivity index (χ2n) is 3.06. The number of aromatic amines is 1. The normalized spacial score (nSPS) is 13.4. The van der Waals surface area contributed by atoms with Gasteiger partial charge in [-0.1, -0.05) is 0 Å². The number of nitrogens with one attached hydrogen (secondary N) is 1. The first-order valence-corrected chi connectivity index (χ1v) is 6.54. The Balaban J connectivity index is 2.41. The summed E-state index contributed by atoms with van der Waals surface area (Å²) in [7, 11) is -4.43. The van der Waals surface area contributed by atoms with Crippen molar-refractivity contribution in [3.05, 3.63) is 11.4 Å². The molecule has 0 radical (unpaired) electrons. The van der Waals surface area contributed by atoms with Crippen LogP contribution in [-0.4, -0.2) is 30.3 Å². The molecule has 1 N–H and O–H groups in total. The molecular weight excluding hydrogens is 265 g/mol. The van der Waals surface area contributed by atoms with Crippen LogP contribution in [0, 0.1) is 0 Å². The molecule has 0 aromatic carbocycles. The summed E-state index contributed by atoms with van der Waals surface area (Å²) < 4.78 is 58.6. The van der Waals surface area contributed by atoms with E-state index in [1.807, 2.05) is 0 Å². The van der Waals surface area contributed by atoms with Gasteiger partial charge in [0, 0.05) is 0 Å². The largest absolute Gasteiger partial charge is 0.403 e. The van der Waals surface area contributed by atoms with Crippen LogP contribution in [0.5, 0.6) is 0 Å². The molecule has 0 amide bonds. The van der Waals surface area contributed by atoms with Crippen LogP contribution in [0.4, 0.5) is 13.2 Å². The van der Waals surface area contributed by atoms with E-state index in [0.717, 1.165) is 11.3 Å². The Bertz CT molecular complexity index is 582. The highest BCUT2D eigenvalue weighted by atomic mass is 32.2. The molecule has 0 aliphatic carbocycles. The number of hydrogen-bond donors (Lipinski definition) is 1. The Kier molecular flexibility index (Phi) is 2.46. The van der Waals surface area contributed by atoms with Crippen molar-refractivity contribution < 1.29 is 21.6 Å². The quantitative estimate of drug-likeness (QED) is 0.907. The number of H-pyrrole nitrogens is 1. The molecule has 0 aliphatic heterocycles. The number of halogens is 3. The number of nitrogens with zero attached hydrogens (tertiary/aromatic N) is 1. The van der Waals surface area contributed by atoms with Crippen LogP contribution < -0.4 is 0 Å². The molecule has 2 heterocycles. The Morgan fingerprint density at radius 3 is 2.69 bits per heavy atom. The van der Waals surface area contributed by atoms with Crippen molar-refractivity contribution in [1.82, 2.24) is 9.97 Å². The van der Waals surface area contributed by atoms with Crippen molar-refractivity contribution in [2.24, 2.45) is 0 Å². The molecule has 2 aromatic heterocycles. The predicted molar refractivity (Wildman–Crippen MR) is 52.1 cm³/mol. The Hall–Kier alpha value is -1.09. The summed E-state index contributed by atoms with van der Waals surface area (Å²) in [6.07, 6.45) is -4.76. The van der Waals surface area contributed by atoms with Gasteiger partial charge < -0.3 is 4.98 Å². The zero-order valence-electron chi connectivity index (χ0n) is 7.58. The molecule has 16 heavy (non-hydrogen) atoms. The third-order valence-corrected chi connectivity index (χ3v) is 4.03. The smallest absolute Gasteiger partial charge is 0.328 e. The standard InChI is InChI=1S/C7H5F3N2O2S2/c8-7(9,10)3-16(13,14)6-11-4-1-2-15-5(4)12-6/h1-2H,3H2,(H,11,12). The van der Waals surface area contributed by atoms with Gasteiger partial charge in [-0.2, -0.15) is 13.2 Å². The molecule has 0 atom stereocenters. The minimum absolute atomic E-state index is 0.376. The molecule has 0 saturated heterocycles. The van der Waals surface area contributed by atoms with Crippen molar-refractivity contribution >= 4 is 31.5 Å². The number of fused-ring (bicyclic) bond motifs is 1. The first-order chi connectivity index (χ1) is 7.28. The number of imidazole rings is 1. The van der Waals surface area contributed by atoms with E-state index in [-0.39, 0.29) is 0 Å². The zero-order valence-corrected chi connectivity index (χ0v) is 9.21. The first kappa shape index (κ1) is 11.4. The van der Waals surface area contributed by atoms with Crippen LogP contribution in [0.3, 0.4) is 0 Å². The summed E-state index contributed by atoms with van der Waals surface area (Å²) in [6.45, 7) is 0. The molecule has 0 fully saturated rings. The van der Waals surface area contributed by atoms with Crippen LogP contribution in [-0.2, 0) is 9.84 Å². The number of alkyl halides is 3. The van der Waals surface area contributed by atoms with E-state index < -0.39 is 26.9 Å². The Morgan fingerprint density at radius 2 is 2.12 bits per heavy atom. The third kappa shape index (κ3) is 2.19. The number of aromatic nitrogens is 2. The van der Waals surface area contributed by atoms with Gasteiger partial charge in [-0.3, -0.25) is 0 Å². The molecule has 9 heteroatoms. The fraction of sp³-hybridized carbons (Fsp3) is 0.286. The highest BCUT2D eigenvalue weighted by Crippen LogP contribution is 2.24. The van der Waals surface area contributed by atoms with Gasteiger partial charge >= 0.3 is 6.18 Å². The van der Waals surface area contributed by atoms with Crippen LogP contribution in [0.1, 0.15) is 0 Å². The van der Waals surface area contributed by atoms with E-state index in [1.165, 1.54) is 0 Å². The highest BCUT2D eigenvalue weighted by Gasteiger charge is 2.37. The average molecular weight is 270 g/mol. The SMILES string of the molecule is O=S(=O)(CC(F)(F)F)c1nc2sccc2[nH]1. The molecule has 88 valence electrons. The number of rotatable bonds is 2. The van der Waals surface area contributed by atoms with E-state index in [4.69, 9.17) is 0 Å². The van der Waals surface area contributed by atoms with E-state index >= 15 is 0 Å². The van der Waals surface area contributed by atoms with Crippen molar-refractivity contribution in [1.29, 1.82) is 0 Å². The van der Waals surface area contributed by atoms with Crippen molar-refractivity contribution in [3.63, 3.8) is 0 Å². The molecule has 4 nitrogen and oxygen atoms in total. The zero-order chi connectivity index (χ0) is 12.0. The van der Waals surface area contributed by atoms with E-state index in [1.54, 1.807) is 11.4 Å². The summed E-state index contributed by atoms with van der Waals surface area (Å²) in [4.78, 5) is 6.33.